The van der Waals surface area contributed by atoms with E-state index in [2.05, 4.69) is 11.4 Å². The van der Waals surface area contributed by atoms with Crippen LogP contribution >= 0.6 is 0 Å². The van der Waals surface area contributed by atoms with E-state index in [-0.39, 0.29) is 11.9 Å². The highest BCUT2D eigenvalue weighted by atomic mass is 19.1. The Morgan fingerprint density at radius 2 is 2.10 bits per heavy atom. The van der Waals surface area contributed by atoms with Gasteiger partial charge in [-0.15, -0.1) is 0 Å². The van der Waals surface area contributed by atoms with Crippen LogP contribution in [-0.2, 0) is 6.42 Å². The first-order valence-electron chi connectivity index (χ1n) is 7.44. The number of aryl methyl sites for hydroxylation is 1. The molecule has 1 aliphatic rings. The molecule has 0 spiro atoms. The van der Waals surface area contributed by atoms with Gasteiger partial charge in [0, 0.05) is 12.0 Å². The number of hydrogen-bond acceptors (Lipinski definition) is 2. The van der Waals surface area contributed by atoms with Gasteiger partial charge >= 0.3 is 0 Å². The first-order valence-corrected chi connectivity index (χ1v) is 7.44. The molecule has 0 fully saturated rings. The smallest absolute Gasteiger partial charge is 0.128 e. The molecule has 2 aromatic carbocycles. The Balaban J connectivity index is 2.01. The molecule has 2 nitrogen and oxygen atoms in total. The van der Waals surface area contributed by atoms with Crippen molar-refractivity contribution < 1.29 is 9.13 Å². The van der Waals surface area contributed by atoms with Gasteiger partial charge in [-0.2, -0.15) is 0 Å². The van der Waals surface area contributed by atoms with Crippen LogP contribution in [0.5, 0.6) is 5.75 Å². The van der Waals surface area contributed by atoms with Crippen molar-refractivity contribution in [1.82, 2.24) is 5.32 Å². The van der Waals surface area contributed by atoms with Crippen LogP contribution in [-0.4, -0.2) is 13.2 Å². The molecule has 1 unspecified atom stereocenters. The largest absolute Gasteiger partial charge is 0.493 e. The predicted octanol–water partition coefficient (Wildman–Crippen LogP) is 3.77. The summed E-state index contributed by atoms with van der Waals surface area (Å²) in [7, 11) is 0. The van der Waals surface area contributed by atoms with Gasteiger partial charge in [0.05, 0.1) is 12.6 Å². The first-order chi connectivity index (χ1) is 10.2. The minimum absolute atomic E-state index is 0.124. The van der Waals surface area contributed by atoms with Gasteiger partial charge in [-0.25, -0.2) is 4.39 Å². The number of rotatable bonds is 4. The van der Waals surface area contributed by atoms with E-state index in [1.54, 1.807) is 6.07 Å². The Morgan fingerprint density at radius 1 is 1.24 bits per heavy atom. The molecular formula is C18H20FNO. The molecule has 3 rings (SSSR count). The standard InChI is InChI=1S/C18H20FNO/c1-3-20-18(15-6-4-12(2)10-16(15)19)14-5-7-17-13(11-14)8-9-21-17/h4-7,10-11,18,20H,3,8-9H2,1-2H3. The first kappa shape index (κ1) is 14.1. The maximum Gasteiger partial charge on any atom is 0.128 e. The highest BCUT2D eigenvalue weighted by Gasteiger charge is 2.20. The average molecular weight is 285 g/mol. The van der Waals surface area contributed by atoms with Crippen LogP contribution < -0.4 is 10.1 Å². The summed E-state index contributed by atoms with van der Waals surface area (Å²) in [5, 5.41) is 3.39. The molecule has 1 atom stereocenters. The van der Waals surface area contributed by atoms with Crippen molar-refractivity contribution in [3.05, 3.63) is 64.5 Å². The third kappa shape index (κ3) is 2.79. The third-order valence-electron chi connectivity index (χ3n) is 3.92. The summed E-state index contributed by atoms with van der Waals surface area (Å²) >= 11 is 0. The van der Waals surface area contributed by atoms with Crippen molar-refractivity contribution in [2.45, 2.75) is 26.3 Å². The lowest BCUT2D eigenvalue weighted by molar-refractivity contribution is 0.357. The fourth-order valence-corrected chi connectivity index (χ4v) is 2.86. The Labute approximate surface area is 125 Å². The third-order valence-corrected chi connectivity index (χ3v) is 3.92. The summed E-state index contributed by atoms with van der Waals surface area (Å²) in [6.45, 7) is 5.46. The topological polar surface area (TPSA) is 21.3 Å². The number of ether oxygens (including phenoxy) is 1. The Hall–Kier alpha value is -1.87. The van der Waals surface area contributed by atoms with Crippen LogP contribution in [0.3, 0.4) is 0 Å². The Kier molecular flexibility index (Phi) is 3.93. The summed E-state index contributed by atoms with van der Waals surface area (Å²) in [4.78, 5) is 0. The monoisotopic (exact) mass is 285 g/mol. The summed E-state index contributed by atoms with van der Waals surface area (Å²) in [6, 6.07) is 11.5. The van der Waals surface area contributed by atoms with E-state index >= 15 is 0 Å². The van der Waals surface area contributed by atoms with Gasteiger partial charge in [0.1, 0.15) is 11.6 Å². The lowest BCUT2D eigenvalue weighted by Gasteiger charge is -2.20. The summed E-state index contributed by atoms with van der Waals surface area (Å²) in [5.41, 5.74) is 3.93. The predicted molar refractivity (Wildman–Crippen MR) is 82.3 cm³/mol. The highest BCUT2D eigenvalue weighted by molar-refractivity contribution is 5.43. The minimum atomic E-state index is -0.155. The molecule has 3 heteroatoms. The molecule has 1 N–H and O–H groups in total. The summed E-state index contributed by atoms with van der Waals surface area (Å²) in [6.07, 6.45) is 0.929. The van der Waals surface area contributed by atoms with Crippen molar-refractivity contribution in [2.75, 3.05) is 13.2 Å². The van der Waals surface area contributed by atoms with E-state index in [0.29, 0.717) is 5.56 Å². The van der Waals surface area contributed by atoms with Crippen molar-refractivity contribution in [3.8, 4) is 5.75 Å². The van der Waals surface area contributed by atoms with Crippen molar-refractivity contribution in [3.63, 3.8) is 0 Å². The van der Waals surface area contributed by atoms with Crippen LogP contribution in [0.25, 0.3) is 0 Å². The van der Waals surface area contributed by atoms with Crippen molar-refractivity contribution >= 4 is 0 Å². The normalized spacial score (nSPS) is 14.6. The number of fused-ring (bicyclic) bond motifs is 1. The van der Waals surface area contributed by atoms with Crippen LogP contribution in [0.1, 0.15) is 35.2 Å². The molecule has 0 bridgehead atoms. The molecule has 110 valence electrons. The minimum Gasteiger partial charge on any atom is -0.493 e. The summed E-state index contributed by atoms with van der Waals surface area (Å²) < 4.78 is 19.9. The van der Waals surface area contributed by atoms with E-state index in [1.807, 2.05) is 38.1 Å². The van der Waals surface area contributed by atoms with E-state index in [9.17, 15) is 4.39 Å². The number of hydrogen-bond donors (Lipinski definition) is 1. The van der Waals surface area contributed by atoms with E-state index in [0.717, 1.165) is 36.4 Å². The van der Waals surface area contributed by atoms with E-state index in [1.165, 1.54) is 5.56 Å². The molecule has 1 aliphatic heterocycles. The fraction of sp³-hybridized carbons (Fsp3) is 0.333. The maximum atomic E-state index is 14.3. The van der Waals surface area contributed by atoms with Gasteiger partial charge in [0.2, 0.25) is 0 Å². The second-order valence-corrected chi connectivity index (χ2v) is 5.48. The zero-order chi connectivity index (χ0) is 14.8. The molecule has 0 aromatic heterocycles. The van der Waals surface area contributed by atoms with Crippen LogP contribution in [0, 0.1) is 12.7 Å². The van der Waals surface area contributed by atoms with Crippen LogP contribution in [0.15, 0.2) is 36.4 Å². The molecule has 0 saturated carbocycles. The summed E-state index contributed by atoms with van der Waals surface area (Å²) in [5.74, 6) is 0.802. The number of halogens is 1. The van der Waals surface area contributed by atoms with Gasteiger partial charge in [-0.3, -0.25) is 0 Å². The highest BCUT2D eigenvalue weighted by Crippen LogP contribution is 2.31. The zero-order valence-electron chi connectivity index (χ0n) is 12.4. The van der Waals surface area contributed by atoms with Gasteiger partial charge < -0.3 is 10.1 Å². The van der Waals surface area contributed by atoms with Crippen LogP contribution in [0.2, 0.25) is 0 Å². The molecule has 0 radical (unpaired) electrons. The van der Waals surface area contributed by atoms with E-state index in [4.69, 9.17) is 4.74 Å². The van der Waals surface area contributed by atoms with Crippen molar-refractivity contribution in [2.24, 2.45) is 0 Å². The van der Waals surface area contributed by atoms with Gasteiger partial charge in [-0.1, -0.05) is 31.2 Å². The van der Waals surface area contributed by atoms with Crippen LogP contribution in [0.4, 0.5) is 4.39 Å². The molecule has 0 amide bonds. The SMILES string of the molecule is CCNC(c1ccc2c(c1)CCO2)c1ccc(C)cc1F. The second-order valence-electron chi connectivity index (χ2n) is 5.48. The molecule has 1 heterocycles. The molecule has 21 heavy (non-hydrogen) atoms. The fourth-order valence-electron chi connectivity index (χ4n) is 2.86. The van der Waals surface area contributed by atoms with Gasteiger partial charge in [0.25, 0.3) is 0 Å². The molecule has 0 saturated heterocycles. The van der Waals surface area contributed by atoms with Gasteiger partial charge in [0.15, 0.2) is 0 Å². The average Bonchev–Trinajstić information content (AvgIpc) is 2.93. The maximum absolute atomic E-state index is 14.3. The van der Waals surface area contributed by atoms with Crippen molar-refractivity contribution in [1.29, 1.82) is 0 Å². The number of benzene rings is 2. The van der Waals surface area contributed by atoms with E-state index < -0.39 is 0 Å². The molecule has 0 aliphatic carbocycles. The molecule has 2 aromatic rings. The second kappa shape index (κ2) is 5.86. The Bertz CT molecular complexity index is 654. The quantitative estimate of drug-likeness (QED) is 0.923. The zero-order valence-corrected chi connectivity index (χ0v) is 12.4. The number of nitrogens with one attached hydrogen (secondary N) is 1. The molecular weight excluding hydrogens is 265 g/mol. The van der Waals surface area contributed by atoms with Gasteiger partial charge in [-0.05, 0) is 42.3 Å². The Morgan fingerprint density at radius 3 is 2.86 bits per heavy atom. The lowest BCUT2D eigenvalue weighted by atomic mass is 9.95. The lowest BCUT2D eigenvalue weighted by Crippen LogP contribution is -2.23.